The molecule has 0 aromatic heterocycles. The van der Waals surface area contributed by atoms with Gasteiger partial charge in [0.15, 0.2) is 12.6 Å². The van der Waals surface area contributed by atoms with Crippen LogP contribution in [0.2, 0.25) is 0 Å². The van der Waals surface area contributed by atoms with Crippen LogP contribution in [0.25, 0.3) is 0 Å². The lowest BCUT2D eigenvalue weighted by molar-refractivity contribution is -0.328. The van der Waals surface area contributed by atoms with Gasteiger partial charge in [0, 0.05) is 7.11 Å². The van der Waals surface area contributed by atoms with E-state index in [4.69, 9.17) is 47.4 Å². The Morgan fingerprint density at radius 2 is 0.818 bits per heavy atom. The van der Waals surface area contributed by atoms with E-state index in [0.717, 1.165) is 33.4 Å². The highest BCUT2D eigenvalue weighted by Crippen LogP contribution is 2.34. The average molecular weight is 897 g/mol. The number of methoxy groups -OCH3 is 1. The van der Waals surface area contributed by atoms with Crippen molar-refractivity contribution >= 4 is 0 Å². The molecule has 6 aromatic carbocycles. The number of ether oxygens (including phenoxy) is 10. The molecule has 0 spiro atoms. The largest absolute Gasteiger partial charge is 0.385 e. The van der Waals surface area contributed by atoms with Crippen molar-refractivity contribution in [3.8, 4) is 0 Å². The summed E-state index contributed by atoms with van der Waals surface area (Å²) in [6.45, 7) is 1.84. The van der Waals surface area contributed by atoms with E-state index in [2.05, 4.69) is 0 Å². The van der Waals surface area contributed by atoms with Crippen molar-refractivity contribution in [3.05, 3.63) is 215 Å². The summed E-state index contributed by atoms with van der Waals surface area (Å²) in [5, 5.41) is 12.2. The van der Waals surface area contributed by atoms with E-state index in [1.165, 1.54) is 0 Å². The van der Waals surface area contributed by atoms with Crippen molar-refractivity contribution in [2.24, 2.45) is 0 Å². The molecular weight excluding hydrogens is 837 g/mol. The first-order valence-corrected chi connectivity index (χ1v) is 22.6. The standard InChI is InChI=1S/C55H60O11/c1-57-55-53(63-37-45-30-18-7-19-31-45)52(62-36-44-28-16-6-17-29-44)49(60-34-42-24-12-4-13-25-42)47(65-55)39-64-54-48(56)51(61-35-43-26-14-5-15-27-43)50(66-54)46(59-33-41-22-10-3-11-23-41)38-58-32-40-20-8-2-9-21-40/h2-31,46-56H,32-39H2,1H3/t46-,47-,48-,49-,50-,51-,52+,53+,54+,55+/m1/s1. The van der Waals surface area contributed by atoms with Crippen LogP contribution in [0.15, 0.2) is 182 Å². The van der Waals surface area contributed by atoms with Crippen LogP contribution in [0.3, 0.4) is 0 Å². The minimum atomic E-state index is -1.21. The van der Waals surface area contributed by atoms with E-state index in [-0.39, 0.29) is 33.0 Å². The number of hydrogen-bond acceptors (Lipinski definition) is 11. The van der Waals surface area contributed by atoms with Crippen molar-refractivity contribution < 1.29 is 52.5 Å². The Labute approximate surface area is 388 Å². The molecule has 2 saturated heterocycles. The maximum Gasteiger partial charge on any atom is 0.186 e. The molecule has 0 saturated carbocycles. The molecule has 1 N–H and O–H groups in total. The van der Waals surface area contributed by atoms with E-state index in [0.29, 0.717) is 19.8 Å². The molecule has 0 amide bonds. The van der Waals surface area contributed by atoms with Gasteiger partial charge in [0.1, 0.15) is 48.8 Å². The molecule has 2 heterocycles. The van der Waals surface area contributed by atoms with E-state index < -0.39 is 61.4 Å². The van der Waals surface area contributed by atoms with Crippen molar-refractivity contribution in [1.29, 1.82) is 0 Å². The zero-order valence-corrected chi connectivity index (χ0v) is 37.3. The van der Waals surface area contributed by atoms with E-state index in [1.54, 1.807) is 7.11 Å². The lowest BCUT2D eigenvalue weighted by Crippen LogP contribution is -2.61. The number of rotatable bonds is 24. The quantitative estimate of drug-likeness (QED) is 0.0631. The van der Waals surface area contributed by atoms with Gasteiger partial charge in [-0.1, -0.05) is 182 Å². The van der Waals surface area contributed by atoms with Gasteiger partial charge in [-0.15, -0.1) is 0 Å². The molecule has 0 radical (unpaired) electrons. The maximum absolute atomic E-state index is 12.2. The fraction of sp³-hybridized carbons (Fsp3) is 0.345. The highest BCUT2D eigenvalue weighted by molar-refractivity contribution is 5.18. The predicted molar refractivity (Wildman–Crippen MR) is 247 cm³/mol. The van der Waals surface area contributed by atoms with Crippen LogP contribution in [0, 0.1) is 0 Å². The topological polar surface area (TPSA) is 113 Å². The Bertz CT molecular complexity index is 2220. The summed E-state index contributed by atoms with van der Waals surface area (Å²) in [5.41, 5.74) is 5.90. The van der Waals surface area contributed by atoms with Gasteiger partial charge < -0.3 is 52.5 Å². The number of benzene rings is 6. The third kappa shape index (κ3) is 13.5. The monoisotopic (exact) mass is 896 g/mol. The van der Waals surface area contributed by atoms with Crippen LogP contribution in [-0.2, 0) is 87.0 Å². The molecule has 0 aliphatic carbocycles. The average Bonchev–Trinajstić information content (AvgIpc) is 3.69. The minimum Gasteiger partial charge on any atom is -0.385 e. The zero-order chi connectivity index (χ0) is 45.2. The summed E-state index contributed by atoms with van der Waals surface area (Å²) in [7, 11) is 1.58. The van der Waals surface area contributed by atoms with Crippen LogP contribution in [0.4, 0.5) is 0 Å². The fourth-order valence-electron chi connectivity index (χ4n) is 8.20. The highest BCUT2D eigenvalue weighted by Gasteiger charge is 2.52. The predicted octanol–water partition coefficient (Wildman–Crippen LogP) is 8.60. The minimum absolute atomic E-state index is 0.0597. The third-order valence-corrected chi connectivity index (χ3v) is 11.7. The molecule has 8 rings (SSSR count). The van der Waals surface area contributed by atoms with Gasteiger partial charge in [-0.2, -0.15) is 0 Å². The summed E-state index contributed by atoms with van der Waals surface area (Å²) in [6, 6.07) is 59.5. The Morgan fingerprint density at radius 1 is 0.424 bits per heavy atom. The molecule has 2 aliphatic heterocycles. The number of hydrogen-bond donors (Lipinski definition) is 1. The normalized spacial score (nSPS) is 24.5. The van der Waals surface area contributed by atoms with Gasteiger partial charge >= 0.3 is 0 Å². The molecule has 11 nitrogen and oxygen atoms in total. The first kappa shape index (κ1) is 47.4. The summed E-state index contributed by atoms with van der Waals surface area (Å²) in [6.07, 6.45) is -8.33. The number of aliphatic hydroxyl groups excluding tert-OH is 1. The maximum atomic E-state index is 12.2. The summed E-state index contributed by atoms with van der Waals surface area (Å²) < 4.78 is 65.7. The summed E-state index contributed by atoms with van der Waals surface area (Å²) >= 11 is 0. The van der Waals surface area contributed by atoms with E-state index in [9.17, 15) is 5.11 Å². The molecule has 66 heavy (non-hydrogen) atoms. The van der Waals surface area contributed by atoms with Gasteiger partial charge in [0.05, 0.1) is 52.9 Å². The molecule has 11 heteroatoms. The molecular formula is C55H60O11. The SMILES string of the molecule is CO[C@H]1O[C@H](CO[C@H]2O[C@H]([C@@H](COCc3ccccc3)OCc3ccccc3)[C@H](OCc3ccccc3)[C@H]2O)[C@@H](OCc2ccccc2)[C@H](OCc2ccccc2)[C@@H]1OCc1ccccc1. The van der Waals surface area contributed by atoms with Gasteiger partial charge in [-0.3, -0.25) is 0 Å². The van der Waals surface area contributed by atoms with E-state index >= 15 is 0 Å². The second-order valence-corrected chi connectivity index (χ2v) is 16.5. The second-order valence-electron chi connectivity index (χ2n) is 16.5. The van der Waals surface area contributed by atoms with Crippen molar-refractivity contribution in [1.82, 2.24) is 0 Å². The highest BCUT2D eigenvalue weighted by atomic mass is 16.7. The Morgan fingerprint density at radius 3 is 1.27 bits per heavy atom. The van der Waals surface area contributed by atoms with Crippen molar-refractivity contribution in [2.45, 2.75) is 101 Å². The third-order valence-electron chi connectivity index (χ3n) is 11.7. The molecule has 0 unspecified atom stereocenters. The van der Waals surface area contributed by atoms with Crippen molar-refractivity contribution in [2.75, 3.05) is 20.3 Å². The molecule has 346 valence electrons. The molecule has 0 bridgehead atoms. The smallest absolute Gasteiger partial charge is 0.186 e. The first-order valence-electron chi connectivity index (χ1n) is 22.6. The van der Waals surface area contributed by atoms with Gasteiger partial charge in [-0.25, -0.2) is 0 Å². The summed E-state index contributed by atoms with van der Waals surface area (Å²) in [5.74, 6) is 0. The molecule has 2 fully saturated rings. The first-order chi connectivity index (χ1) is 32.6. The summed E-state index contributed by atoms with van der Waals surface area (Å²) in [4.78, 5) is 0. The Hall–Kier alpha value is -5.12. The molecule has 2 aliphatic rings. The van der Waals surface area contributed by atoms with Crippen LogP contribution in [0.1, 0.15) is 33.4 Å². The van der Waals surface area contributed by atoms with E-state index in [1.807, 2.05) is 182 Å². The zero-order valence-electron chi connectivity index (χ0n) is 37.3. The molecule has 10 atom stereocenters. The lowest BCUT2D eigenvalue weighted by Gasteiger charge is -2.45. The second kappa shape index (κ2) is 25.1. The molecule has 6 aromatic rings. The van der Waals surface area contributed by atoms with Crippen LogP contribution >= 0.6 is 0 Å². The van der Waals surface area contributed by atoms with Crippen LogP contribution < -0.4 is 0 Å². The van der Waals surface area contributed by atoms with Gasteiger partial charge in [-0.05, 0) is 33.4 Å². The van der Waals surface area contributed by atoms with Crippen molar-refractivity contribution in [3.63, 3.8) is 0 Å². The van der Waals surface area contributed by atoms with Crippen LogP contribution in [-0.4, -0.2) is 86.8 Å². The van der Waals surface area contributed by atoms with Gasteiger partial charge in [0.2, 0.25) is 0 Å². The van der Waals surface area contributed by atoms with Crippen LogP contribution in [0.5, 0.6) is 0 Å². The Balaban J connectivity index is 1.05. The number of aliphatic hydroxyl groups is 1. The fourth-order valence-corrected chi connectivity index (χ4v) is 8.20. The van der Waals surface area contributed by atoms with Gasteiger partial charge in [0.25, 0.3) is 0 Å². The lowest BCUT2D eigenvalue weighted by atomic mass is 9.97. The Kier molecular flexibility index (Phi) is 18.0.